The lowest BCUT2D eigenvalue weighted by atomic mass is 9.97. The number of benzene rings is 2. The molecule has 1 amide bonds. The number of nitrogens with zero attached hydrogens (tertiary/aromatic N) is 3. The second-order valence-corrected chi connectivity index (χ2v) is 7.50. The van der Waals surface area contributed by atoms with Gasteiger partial charge in [-0.15, -0.1) is 0 Å². The van der Waals surface area contributed by atoms with Gasteiger partial charge in [-0.05, 0) is 50.1 Å². The number of anilines is 2. The van der Waals surface area contributed by atoms with Crippen LogP contribution in [0.5, 0.6) is 5.88 Å². The van der Waals surface area contributed by atoms with Crippen LogP contribution in [0.25, 0.3) is 11.0 Å². The molecule has 0 aliphatic carbocycles. The van der Waals surface area contributed by atoms with Crippen molar-refractivity contribution in [2.75, 3.05) is 29.9 Å². The number of carbonyl (C=O) groups is 1. The van der Waals surface area contributed by atoms with Crippen LogP contribution in [-0.2, 0) is 4.79 Å². The number of carbonyl (C=O) groups excluding carboxylic acids is 1. The van der Waals surface area contributed by atoms with Crippen molar-refractivity contribution in [3.63, 3.8) is 0 Å². The Kier molecular flexibility index (Phi) is 5.81. The number of fused-ring (bicyclic) bond motifs is 1. The minimum absolute atomic E-state index is 0.0105. The van der Waals surface area contributed by atoms with E-state index in [1.165, 1.54) is 0 Å². The molecule has 0 radical (unpaired) electrons. The summed E-state index contributed by atoms with van der Waals surface area (Å²) in [4.78, 5) is 24.4. The topological polar surface area (TPSA) is 67.4 Å². The third-order valence-electron chi connectivity index (χ3n) is 4.99. The third-order valence-corrected chi connectivity index (χ3v) is 5.22. The van der Waals surface area contributed by atoms with E-state index < -0.39 is 0 Å². The van der Waals surface area contributed by atoms with Gasteiger partial charge < -0.3 is 15.0 Å². The van der Waals surface area contributed by atoms with Gasteiger partial charge in [0.15, 0.2) is 5.82 Å². The Balaban J connectivity index is 1.56. The van der Waals surface area contributed by atoms with Gasteiger partial charge >= 0.3 is 0 Å². The molecule has 1 aliphatic heterocycles. The second-order valence-electron chi connectivity index (χ2n) is 7.06. The largest absolute Gasteiger partial charge is 0.475 e. The average molecular weight is 411 g/mol. The van der Waals surface area contributed by atoms with Crippen LogP contribution in [0.4, 0.5) is 11.5 Å². The number of amides is 1. The van der Waals surface area contributed by atoms with E-state index in [9.17, 15) is 4.79 Å². The van der Waals surface area contributed by atoms with Crippen molar-refractivity contribution in [3.05, 3.63) is 53.6 Å². The highest BCUT2D eigenvalue weighted by atomic mass is 35.5. The van der Waals surface area contributed by atoms with Gasteiger partial charge in [0, 0.05) is 23.8 Å². The Morgan fingerprint density at radius 1 is 1.21 bits per heavy atom. The van der Waals surface area contributed by atoms with E-state index in [-0.39, 0.29) is 11.8 Å². The molecule has 1 N–H and O–H groups in total. The van der Waals surface area contributed by atoms with E-state index >= 15 is 0 Å². The number of halogens is 1. The minimum Gasteiger partial charge on any atom is -0.475 e. The van der Waals surface area contributed by atoms with Gasteiger partial charge in [-0.2, -0.15) is 0 Å². The summed E-state index contributed by atoms with van der Waals surface area (Å²) in [6.07, 6.45) is 1.72. The lowest BCUT2D eigenvalue weighted by Crippen LogP contribution is -2.41. The Morgan fingerprint density at radius 3 is 2.76 bits per heavy atom. The molecule has 0 unspecified atom stereocenters. The number of rotatable bonds is 5. The molecule has 0 spiro atoms. The standard InChI is InChI=1S/C22H23ClN4O2/c1-2-29-22-20(25-18-10-3-4-11-19(18)26-22)27-12-6-7-15(14-27)21(28)24-17-9-5-8-16(23)13-17/h3-5,8-11,13,15H,2,6-7,12,14H2,1H3,(H,24,28)/t15-/m1/s1. The molecular weight excluding hydrogens is 388 g/mol. The molecule has 1 fully saturated rings. The molecule has 6 nitrogen and oxygen atoms in total. The van der Waals surface area contributed by atoms with Crippen molar-refractivity contribution in [3.8, 4) is 5.88 Å². The van der Waals surface area contributed by atoms with E-state index in [2.05, 4.69) is 15.2 Å². The van der Waals surface area contributed by atoms with Crippen LogP contribution in [-0.4, -0.2) is 35.6 Å². The molecule has 150 valence electrons. The molecule has 1 aromatic heterocycles. The zero-order valence-electron chi connectivity index (χ0n) is 16.3. The molecule has 2 heterocycles. The average Bonchev–Trinajstić information content (AvgIpc) is 2.73. The van der Waals surface area contributed by atoms with E-state index in [1.807, 2.05) is 43.3 Å². The normalized spacial score (nSPS) is 16.6. The molecule has 1 atom stereocenters. The molecule has 4 rings (SSSR count). The summed E-state index contributed by atoms with van der Waals surface area (Å²) in [6, 6.07) is 14.9. The molecule has 29 heavy (non-hydrogen) atoms. The van der Waals surface area contributed by atoms with Gasteiger partial charge in [0.25, 0.3) is 5.88 Å². The van der Waals surface area contributed by atoms with Crippen molar-refractivity contribution in [1.82, 2.24) is 9.97 Å². The molecule has 0 saturated carbocycles. The molecule has 2 aromatic carbocycles. The van der Waals surface area contributed by atoms with Crippen molar-refractivity contribution >= 4 is 40.0 Å². The van der Waals surface area contributed by atoms with Crippen molar-refractivity contribution in [1.29, 1.82) is 0 Å². The molecule has 0 bridgehead atoms. The second kappa shape index (κ2) is 8.66. The number of nitrogens with one attached hydrogen (secondary N) is 1. The van der Waals surface area contributed by atoms with Gasteiger partial charge in [-0.25, -0.2) is 9.97 Å². The smallest absolute Gasteiger partial charge is 0.258 e. The third kappa shape index (κ3) is 4.43. The Hall–Kier alpha value is -2.86. The number of piperidine rings is 1. The fourth-order valence-electron chi connectivity index (χ4n) is 3.61. The first kappa shape index (κ1) is 19.5. The zero-order chi connectivity index (χ0) is 20.2. The summed E-state index contributed by atoms with van der Waals surface area (Å²) in [5.41, 5.74) is 2.32. The first-order valence-electron chi connectivity index (χ1n) is 9.85. The van der Waals surface area contributed by atoms with Gasteiger partial charge in [0.1, 0.15) is 0 Å². The highest BCUT2D eigenvalue weighted by molar-refractivity contribution is 6.30. The van der Waals surface area contributed by atoms with Gasteiger partial charge in [0.2, 0.25) is 5.91 Å². The maximum Gasteiger partial charge on any atom is 0.258 e. The van der Waals surface area contributed by atoms with Crippen LogP contribution in [0, 0.1) is 5.92 Å². The Labute approximate surface area is 174 Å². The maximum absolute atomic E-state index is 12.8. The van der Waals surface area contributed by atoms with E-state index in [0.717, 1.165) is 30.4 Å². The highest BCUT2D eigenvalue weighted by Crippen LogP contribution is 2.31. The van der Waals surface area contributed by atoms with Crippen LogP contribution < -0.4 is 15.0 Å². The summed E-state index contributed by atoms with van der Waals surface area (Å²) in [7, 11) is 0. The van der Waals surface area contributed by atoms with Crippen LogP contribution in [0.1, 0.15) is 19.8 Å². The van der Waals surface area contributed by atoms with E-state index in [4.69, 9.17) is 21.3 Å². The number of hydrogen-bond acceptors (Lipinski definition) is 5. The lowest BCUT2D eigenvalue weighted by molar-refractivity contribution is -0.120. The summed E-state index contributed by atoms with van der Waals surface area (Å²) >= 11 is 6.02. The predicted molar refractivity (Wildman–Crippen MR) is 116 cm³/mol. The molecule has 7 heteroatoms. The van der Waals surface area contributed by atoms with Crippen molar-refractivity contribution in [2.45, 2.75) is 19.8 Å². The van der Waals surface area contributed by atoms with Crippen LogP contribution in [0.15, 0.2) is 48.5 Å². The summed E-state index contributed by atoms with van der Waals surface area (Å²) in [6.45, 7) is 3.82. The Bertz CT molecular complexity index is 1030. The van der Waals surface area contributed by atoms with Crippen LogP contribution in [0.2, 0.25) is 5.02 Å². The number of aromatic nitrogens is 2. The SMILES string of the molecule is CCOc1nc2ccccc2nc1N1CCC[C@@H](C(=O)Nc2cccc(Cl)c2)C1. The van der Waals surface area contributed by atoms with Gasteiger partial charge in [-0.1, -0.05) is 29.8 Å². The first-order chi connectivity index (χ1) is 14.1. The van der Waals surface area contributed by atoms with E-state index in [1.54, 1.807) is 12.1 Å². The van der Waals surface area contributed by atoms with E-state index in [0.29, 0.717) is 35.6 Å². The Morgan fingerprint density at radius 2 is 2.00 bits per heavy atom. The fraction of sp³-hybridized carbons (Fsp3) is 0.318. The molecular formula is C22H23ClN4O2. The van der Waals surface area contributed by atoms with Gasteiger partial charge in [0.05, 0.1) is 23.6 Å². The summed E-state index contributed by atoms with van der Waals surface area (Å²) < 4.78 is 5.77. The summed E-state index contributed by atoms with van der Waals surface area (Å²) in [5.74, 6) is 1.06. The highest BCUT2D eigenvalue weighted by Gasteiger charge is 2.29. The van der Waals surface area contributed by atoms with Crippen molar-refractivity contribution in [2.24, 2.45) is 5.92 Å². The minimum atomic E-state index is -0.148. The van der Waals surface area contributed by atoms with Crippen molar-refractivity contribution < 1.29 is 9.53 Å². The maximum atomic E-state index is 12.8. The number of ether oxygens (including phenoxy) is 1. The van der Waals surface area contributed by atoms with Crippen LogP contribution in [0.3, 0.4) is 0 Å². The molecule has 1 aliphatic rings. The summed E-state index contributed by atoms with van der Waals surface area (Å²) in [5, 5.41) is 3.57. The first-order valence-corrected chi connectivity index (χ1v) is 10.2. The fourth-order valence-corrected chi connectivity index (χ4v) is 3.80. The lowest BCUT2D eigenvalue weighted by Gasteiger charge is -2.33. The molecule has 1 saturated heterocycles. The number of hydrogen-bond donors (Lipinski definition) is 1. The quantitative estimate of drug-likeness (QED) is 0.669. The molecule has 3 aromatic rings. The number of para-hydroxylation sites is 2. The zero-order valence-corrected chi connectivity index (χ0v) is 17.0. The van der Waals surface area contributed by atoms with Gasteiger partial charge in [-0.3, -0.25) is 4.79 Å². The monoisotopic (exact) mass is 410 g/mol. The predicted octanol–water partition coefficient (Wildman–Crippen LogP) is 4.54. The van der Waals surface area contributed by atoms with Crippen LogP contribution >= 0.6 is 11.6 Å².